The molecule has 0 aliphatic carbocycles. The molecular formula is C40H26CaN4O8S2. The number of phenols is 1. The van der Waals surface area contributed by atoms with E-state index in [1.165, 1.54) is 30.3 Å². The molecule has 8 aromatic carbocycles. The van der Waals surface area contributed by atoms with Gasteiger partial charge >= 0.3 is 37.7 Å². The van der Waals surface area contributed by atoms with Gasteiger partial charge in [-0.25, -0.2) is 8.42 Å². The van der Waals surface area contributed by atoms with Crippen molar-refractivity contribution in [2.24, 2.45) is 20.5 Å². The number of phenolic OH excluding ortho intramolecular Hbond substituents is 1. The van der Waals surface area contributed by atoms with Crippen molar-refractivity contribution in [3.8, 4) is 11.5 Å². The fourth-order valence-electron chi connectivity index (χ4n) is 6.05. The van der Waals surface area contributed by atoms with Gasteiger partial charge in [0.05, 0.1) is 10.6 Å². The molecule has 268 valence electrons. The van der Waals surface area contributed by atoms with Crippen LogP contribution < -0.4 is 5.11 Å². The van der Waals surface area contributed by atoms with Crippen LogP contribution in [0.5, 0.6) is 11.5 Å². The molecule has 0 saturated carbocycles. The molecule has 0 unspecified atom stereocenters. The fourth-order valence-corrected chi connectivity index (χ4v) is 7.71. The van der Waals surface area contributed by atoms with E-state index in [1.807, 2.05) is 24.3 Å². The molecule has 0 heterocycles. The van der Waals surface area contributed by atoms with E-state index >= 15 is 0 Å². The summed E-state index contributed by atoms with van der Waals surface area (Å²) in [5.74, 6) is -0.420. The standard InChI is InChI=1S/2C20H14N2O4S.Ca/c2*23-18-12-10-13-5-1-3-7-15(13)19(18)22-21-17-11-9-14-6-2-4-8-16(14)20(17)27(24,25)26;/h2*1-12,23H,(H,24,25,26);/q;;+2/p-2. The molecule has 15 heteroatoms. The molecule has 2 N–H and O–H groups in total. The first-order chi connectivity index (χ1) is 25.9. The Bertz CT molecular complexity index is 2840. The number of hydrogen-bond acceptors (Lipinski definition) is 11. The Kier molecular flexibility index (Phi) is 11.6. The van der Waals surface area contributed by atoms with Crippen LogP contribution in [0.4, 0.5) is 22.7 Å². The van der Waals surface area contributed by atoms with Crippen LogP contribution in [0.1, 0.15) is 0 Å². The van der Waals surface area contributed by atoms with E-state index < -0.39 is 25.1 Å². The zero-order valence-electron chi connectivity index (χ0n) is 28.5. The van der Waals surface area contributed by atoms with Gasteiger partial charge in [-0.3, -0.25) is 4.55 Å². The van der Waals surface area contributed by atoms with Crippen molar-refractivity contribution in [2.45, 2.75) is 9.79 Å². The Morgan fingerprint density at radius 1 is 0.455 bits per heavy atom. The van der Waals surface area contributed by atoms with Crippen molar-refractivity contribution in [3.63, 3.8) is 0 Å². The minimum atomic E-state index is -4.80. The van der Waals surface area contributed by atoms with Crippen molar-refractivity contribution >= 4 is 124 Å². The average Bonchev–Trinajstić information content (AvgIpc) is 3.16. The Balaban J connectivity index is 0.000000184. The molecule has 0 aliphatic heterocycles. The second-order valence-corrected chi connectivity index (χ2v) is 14.6. The van der Waals surface area contributed by atoms with Crippen LogP contribution in [0, 0.1) is 0 Å². The molecule has 0 bridgehead atoms. The van der Waals surface area contributed by atoms with Gasteiger partial charge in [0, 0.05) is 21.5 Å². The van der Waals surface area contributed by atoms with Crippen LogP contribution >= 0.6 is 0 Å². The molecule has 0 atom stereocenters. The smallest absolute Gasteiger partial charge is 0.871 e. The topological polar surface area (TPSA) is 204 Å². The number of rotatable bonds is 6. The second-order valence-electron chi connectivity index (χ2n) is 11.9. The summed E-state index contributed by atoms with van der Waals surface area (Å²) in [6.45, 7) is 0. The Hall–Kier alpha value is -5.32. The van der Waals surface area contributed by atoms with Crippen molar-refractivity contribution in [1.29, 1.82) is 0 Å². The molecular weight excluding hydrogens is 769 g/mol. The van der Waals surface area contributed by atoms with E-state index in [4.69, 9.17) is 0 Å². The Morgan fingerprint density at radius 3 is 1.35 bits per heavy atom. The molecule has 0 saturated heterocycles. The molecule has 55 heavy (non-hydrogen) atoms. The van der Waals surface area contributed by atoms with Crippen molar-refractivity contribution in [2.75, 3.05) is 0 Å². The Labute approximate surface area is 344 Å². The summed E-state index contributed by atoms with van der Waals surface area (Å²) in [7, 11) is -9.33. The molecule has 12 nitrogen and oxygen atoms in total. The van der Waals surface area contributed by atoms with Crippen LogP contribution in [-0.2, 0) is 20.2 Å². The molecule has 0 aliphatic rings. The van der Waals surface area contributed by atoms with Crippen molar-refractivity contribution < 1.29 is 36.2 Å². The average molecular weight is 795 g/mol. The van der Waals surface area contributed by atoms with Crippen molar-refractivity contribution in [3.05, 3.63) is 146 Å². The molecule has 0 amide bonds. The second kappa shape index (κ2) is 16.2. The monoisotopic (exact) mass is 794 g/mol. The van der Waals surface area contributed by atoms with E-state index in [2.05, 4.69) is 20.5 Å². The van der Waals surface area contributed by atoms with E-state index in [9.17, 15) is 36.2 Å². The number of benzene rings is 8. The van der Waals surface area contributed by atoms with E-state index in [0.717, 1.165) is 10.8 Å². The SMILES string of the molecule is O=S(=O)(O)c1c(N=Nc2c(O)ccc3ccccc23)ccc2ccccc12.O=S(=O)([O-])c1c(N=Nc2c([O-])ccc3ccccc23)ccc2ccccc12.[Ca+2]. The molecule has 0 radical (unpaired) electrons. The van der Waals surface area contributed by atoms with Crippen LogP contribution in [0.15, 0.2) is 176 Å². The Morgan fingerprint density at radius 2 is 0.836 bits per heavy atom. The maximum atomic E-state index is 12.2. The van der Waals surface area contributed by atoms with Gasteiger partial charge in [-0.2, -0.15) is 13.5 Å². The summed E-state index contributed by atoms with van der Waals surface area (Å²) in [4.78, 5) is -0.763. The zero-order valence-corrected chi connectivity index (χ0v) is 32.4. The third-order valence-electron chi connectivity index (χ3n) is 8.48. The quantitative estimate of drug-likeness (QED) is 0.0940. The maximum absolute atomic E-state index is 12.2. The van der Waals surface area contributed by atoms with E-state index in [0.29, 0.717) is 26.9 Å². The first kappa shape index (κ1) is 39.4. The fraction of sp³-hybridized carbons (Fsp3) is 0. The summed E-state index contributed by atoms with van der Waals surface area (Å²) < 4.78 is 69.2. The largest absolute Gasteiger partial charge is 2.00 e. The number of fused-ring (bicyclic) bond motifs is 4. The van der Waals surface area contributed by atoms with Crippen LogP contribution in [-0.4, -0.2) is 68.8 Å². The first-order valence-corrected chi connectivity index (χ1v) is 18.9. The van der Waals surface area contributed by atoms with Crippen LogP contribution in [0.3, 0.4) is 0 Å². The van der Waals surface area contributed by atoms with E-state index in [-0.39, 0.29) is 82.3 Å². The predicted molar refractivity (Wildman–Crippen MR) is 209 cm³/mol. The third-order valence-corrected chi connectivity index (χ3v) is 10.4. The number of hydrogen-bond donors (Lipinski definition) is 2. The summed E-state index contributed by atoms with van der Waals surface area (Å²) in [6, 6.07) is 40.4. The van der Waals surface area contributed by atoms with Crippen LogP contribution in [0.25, 0.3) is 43.1 Å². The summed E-state index contributed by atoms with van der Waals surface area (Å²) in [6.07, 6.45) is 0. The van der Waals surface area contributed by atoms with Crippen LogP contribution in [0.2, 0.25) is 0 Å². The molecule has 8 aromatic rings. The number of azo groups is 2. The summed E-state index contributed by atoms with van der Waals surface area (Å²) in [5.41, 5.74) is 0.206. The molecule has 0 aromatic heterocycles. The van der Waals surface area contributed by atoms with Gasteiger partial charge in [-0.15, -0.1) is 15.3 Å². The van der Waals surface area contributed by atoms with Gasteiger partial charge in [-0.1, -0.05) is 133 Å². The molecule has 0 spiro atoms. The van der Waals surface area contributed by atoms with Gasteiger partial charge in [0.15, 0.2) is 0 Å². The number of aromatic hydroxyl groups is 1. The normalized spacial score (nSPS) is 12.0. The van der Waals surface area contributed by atoms with Gasteiger partial charge in [0.2, 0.25) is 0 Å². The van der Waals surface area contributed by atoms with Crippen molar-refractivity contribution in [1.82, 2.24) is 0 Å². The zero-order chi connectivity index (χ0) is 38.0. The summed E-state index contributed by atoms with van der Waals surface area (Å²) in [5, 5.41) is 43.2. The van der Waals surface area contributed by atoms with E-state index in [1.54, 1.807) is 91.0 Å². The van der Waals surface area contributed by atoms with Gasteiger partial charge in [0.25, 0.3) is 10.1 Å². The summed E-state index contributed by atoms with van der Waals surface area (Å²) >= 11 is 0. The van der Waals surface area contributed by atoms with Gasteiger partial charge in [0.1, 0.15) is 37.8 Å². The third kappa shape index (κ3) is 8.35. The molecule has 8 rings (SSSR count). The van der Waals surface area contributed by atoms with Gasteiger partial charge in [-0.05, 0) is 39.7 Å². The first-order valence-electron chi connectivity index (χ1n) is 16.1. The predicted octanol–water partition coefficient (Wildman–Crippen LogP) is 9.37. The minimum absolute atomic E-state index is 0. The molecule has 0 fully saturated rings. The minimum Gasteiger partial charge on any atom is -0.871 e. The van der Waals surface area contributed by atoms with Gasteiger partial charge < -0.3 is 14.8 Å². The maximum Gasteiger partial charge on any atom is 2.00 e. The number of nitrogens with zero attached hydrogens (tertiary/aromatic N) is 4.